The van der Waals surface area contributed by atoms with Gasteiger partial charge in [-0.1, -0.05) is 100 Å². The number of nitrogens with two attached hydrogens (primary N) is 1. The summed E-state index contributed by atoms with van der Waals surface area (Å²) in [7, 11) is 1.23. The highest BCUT2D eigenvalue weighted by Crippen LogP contribution is 2.23. The molecule has 0 spiro atoms. The summed E-state index contributed by atoms with van der Waals surface area (Å²) < 4.78 is 5.65. The molecular formula is C54H72N8O13. The van der Waals surface area contributed by atoms with E-state index in [1.54, 1.807) is 62.4 Å². The molecule has 406 valence electrons. The van der Waals surface area contributed by atoms with E-state index in [9.17, 15) is 58.5 Å². The monoisotopic (exact) mass is 1040 g/mol. The number of amides is 8. The number of benzene rings is 2. The lowest BCUT2D eigenvalue weighted by Gasteiger charge is -2.31. The van der Waals surface area contributed by atoms with Crippen LogP contribution in [0.3, 0.4) is 0 Å². The SMILES string of the molecule is CCC/C=C\c1ccccc1/C=C/C(=O)NC1C(=O)N(C)/C(=C/C2=CCC(O)CC2)C(=O)N[C@@H](CC(C)C)C(=O)N[C@H](Cc2ccccc2)C(=O)N[C@@H]([C@H](C)O)C(=O)N[C@@H](CC(N)=O)C(=O)N[C@@H](CO)C(=O)O[C@@H]1C. The van der Waals surface area contributed by atoms with Gasteiger partial charge in [0.05, 0.1) is 25.2 Å². The van der Waals surface area contributed by atoms with Gasteiger partial charge in [-0.2, -0.15) is 0 Å². The van der Waals surface area contributed by atoms with E-state index >= 15 is 0 Å². The quantitative estimate of drug-likeness (QED) is 0.0870. The lowest BCUT2D eigenvalue weighted by Crippen LogP contribution is -2.62. The number of primary amides is 1. The Labute approximate surface area is 436 Å². The number of aliphatic hydroxyl groups excluding tert-OH is 3. The second kappa shape index (κ2) is 29.4. The van der Waals surface area contributed by atoms with Crippen LogP contribution in [0, 0.1) is 5.92 Å². The zero-order valence-corrected chi connectivity index (χ0v) is 43.2. The van der Waals surface area contributed by atoms with Crippen molar-refractivity contribution in [2.24, 2.45) is 11.7 Å². The highest BCUT2D eigenvalue weighted by Gasteiger charge is 2.39. The van der Waals surface area contributed by atoms with E-state index < -0.39 is 121 Å². The van der Waals surface area contributed by atoms with Gasteiger partial charge in [0.25, 0.3) is 11.8 Å². The number of aliphatic hydroxyl groups is 3. The number of hydrogen-bond acceptors (Lipinski definition) is 13. The maximum atomic E-state index is 15.0. The van der Waals surface area contributed by atoms with E-state index in [4.69, 9.17) is 10.5 Å². The molecule has 9 atom stereocenters. The number of likely N-dealkylation sites (N-methyl/N-ethyl adjacent to an activating group) is 1. The Morgan fingerprint density at radius 3 is 2.05 bits per heavy atom. The summed E-state index contributed by atoms with van der Waals surface area (Å²) in [5.41, 5.74) is 7.65. The maximum Gasteiger partial charge on any atom is 0.331 e. The summed E-state index contributed by atoms with van der Waals surface area (Å²) in [4.78, 5) is 127. The first-order valence-electron chi connectivity index (χ1n) is 25.1. The number of carbonyl (C=O) groups is 9. The molecule has 1 aliphatic carbocycles. The Morgan fingerprint density at radius 2 is 1.45 bits per heavy atom. The van der Waals surface area contributed by atoms with E-state index in [2.05, 4.69) is 31.9 Å². The molecule has 21 heteroatoms. The van der Waals surface area contributed by atoms with Gasteiger partial charge < -0.3 is 62.6 Å². The first-order chi connectivity index (χ1) is 35.6. The second-order valence-electron chi connectivity index (χ2n) is 19.0. The number of rotatable bonds is 15. The van der Waals surface area contributed by atoms with Crippen molar-refractivity contribution in [1.82, 2.24) is 36.8 Å². The topological polar surface area (TPSA) is 325 Å². The predicted molar refractivity (Wildman–Crippen MR) is 278 cm³/mol. The number of esters is 1. The van der Waals surface area contributed by atoms with Gasteiger partial charge >= 0.3 is 5.97 Å². The molecule has 2 aromatic rings. The zero-order chi connectivity index (χ0) is 55.4. The van der Waals surface area contributed by atoms with Crippen LogP contribution in [-0.2, 0) is 54.3 Å². The summed E-state index contributed by atoms with van der Waals surface area (Å²) in [6, 6.07) is 5.45. The van der Waals surface area contributed by atoms with Crippen LogP contribution in [0.15, 0.2) is 90.2 Å². The molecule has 75 heavy (non-hydrogen) atoms. The molecule has 0 bridgehead atoms. The van der Waals surface area contributed by atoms with Gasteiger partial charge in [-0.25, -0.2) is 4.79 Å². The molecule has 4 rings (SSSR count). The van der Waals surface area contributed by atoms with Gasteiger partial charge in [-0.05, 0) is 86.3 Å². The van der Waals surface area contributed by atoms with Crippen LogP contribution in [0.4, 0.5) is 0 Å². The first kappa shape index (κ1) is 60.1. The third kappa shape index (κ3) is 18.7. The van der Waals surface area contributed by atoms with E-state index in [0.29, 0.717) is 23.1 Å². The van der Waals surface area contributed by atoms with E-state index in [0.717, 1.165) is 36.3 Å². The average molecular weight is 1040 g/mol. The summed E-state index contributed by atoms with van der Waals surface area (Å²) >= 11 is 0. The maximum absolute atomic E-state index is 15.0. The minimum atomic E-state index is -1.92. The van der Waals surface area contributed by atoms with Crippen molar-refractivity contribution < 1.29 is 63.2 Å². The highest BCUT2D eigenvalue weighted by atomic mass is 16.5. The van der Waals surface area contributed by atoms with Crippen LogP contribution < -0.4 is 37.6 Å². The van der Waals surface area contributed by atoms with Gasteiger partial charge in [0.2, 0.25) is 35.4 Å². The molecule has 1 heterocycles. The largest absolute Gasteiger partial charge is 0.458 e. The number of hydrogen-bond donors (Lipinski definition) is 10. The highest BCUT2D eigenvalue weighted by molar-refractivity contribution is 6.03. The van der Waals surface area contributed by atoms with Crippen LogP contribution in [0.1, 0.15) is 96.3 Å². The van der Waals surface area contributed by atoms with Crippen molar-refractivity contribution in [3.8, 4) is 0 Å². The molecule has 8 amide bonds. The van der Waals surface area contributed by atoms with E-state index in [1.807, 2.05) is 31.2 Å². The minimum absolute atomic E-state index is 0.000645. The van der Waals surface area contributed by atoms with Gasteiger partial charge in [-0.15, -0.1) is 0 Å². The van der Waals surface area contributed by atoms with Crippen molar-refractivity contribution >= 4 is 65.4 Å². The smallest absolute Gasteiger partial charge is 0.331 e. The Kier molecular flexibility index (Phi) is 23.6. The van der Waals surface area contributed by atoms with Crippen LogP contribution in [-0.4, -0.2) is 142 Å². The van der Waals surface area contributed by atoms with Crippen molar-refractivity contribution in [3.05, 3.63) is 107 Å². The number of carbonyl (C=O) groups excluding carboxylic acids is 9. The van der Waals surface area contributed by atoms with E-state index in [-0.39, 0.29) is 37.3 Å². The average Bonchev–Trinajstić information content (AvgIpc) is 3.36. The summed E-state index contributed by atoms with van der Waals surface area (Å²) in [5.74, 6) is -9.76. The van der Waals surface area contributed by atoms with Crippen LogP contribution in [0.5, 0.6) is 0 Å². The summed E-state index contributed by atoms with van der Waals surface area (Å²) in [5, 5.41) is 46.3. The Hall–Kier alpha value is -7.49. The molecule has 21 nitrogen and oxygen atoms in total. The van der Waals surface area contributed by atoms with Crippen LogP contribution in [0.2, 0.25) is 0 Å². The lowest BCUT2D eigenvalue weighted by molar-refractivity contribution is -0.157. The van der Waals surface area contributed by atoms with Gasteiger partial charge in [0, 0.05) is 19.5 Å². The third-order valence-electron chi connectivity index (χ3n) is 12.3. The number of nitrogens with zero attached hydrogens (tertiary/aromatic N) is 1. The molecule has 2 aromatic carbocycles. The Morgan fingerprint density at radius 1 is 0.840 bits per heavy atom. The number of allylic oxidation sites excluding steroid dienone is 3. The molecule has 1 fully saturated rings. The Bertz CT molecular complexity index is 2490. The fourth-order valence-corrected chi connectivity index (χ4v) is 8.11. The van der Waals surface area contributed by atoms with Crippen molar-refractivity contribution in [3.63, 3.8) is 0 Å². The Balaban J connectivity index is 1.90. The fraction of sp³-hybridized carbons (Fsp3) is 0.463. The molecule has 2 unspecified atom stereocenters. The molecular weight excluding hydrogens is 969 g/mol. The molecule has 0 radical (unpaired) electrons. The van der Waals surface area contributed by atoms with Crippen LogP contribution >= 0.6 is 0 Å². The van der Waals surface area contributed by atoms with Gasteiger partial charge in [-0.3, -0.25) is 38.4 Å². The van der Waals surface area contributed by atoms with Gasteiger partial charge in [0.1, 0.15) is 42.0 Å². The molecule has 0 saturated carbocycles. The standard InChI is InChI=1S/C54H72N8O13/c1-7-8-10-17-36-18-13-14-19-37(36)22-25-45(67)60-47-33(5)75-54(74)42(30-63)59-49(69)41(29-44(55)66)58-52(72)46(32(4)64)61-50(70)40(27-34-15-11-9-12-16-34)56-48(68)39(26-31(2)3)57-51(71)43(62(6)53(47)73)28-35-20-23-38(65)24-21-35/h9-20,22,25,28,31-33,38-42,46-47,63-65H,7-8,21,23-24,26-27,29-30H2,1-6H3,(H2,55,66)(H,56,68)(H,57,71)(H,58,72)(H,59,69)(H,60,67)(H,61,70)/b17-10-,25-22+,43-28+/t32-,33+,38?,39-,40+,41-,42-,46-,47?/m0/s1. The van der Waals surface area contributed by atoms with Crippen LogP contribution in [0.25, 0.3) is 12.2 Å². The predicted octanol–water partition coefficient (Wildman–Crippen LogP) is 0.718. The third-order valence-corrected chi connectivity index (χ3v) is 12.3. The molecule has 1 saturated heterocycles. The number of unbranched alkanes of at least 4 members (excludes halogenated alkanes) is 1. The number of cyclic esters (lactones) is 1. The summed E-state index contributed by atoms with van der Waals surface area (Å²) in [6.45, 7) is 6.88. The van der Waals surface area contributed by atoms with Crippen molar-refractivity contribution in [1.29, 1.82) is 0 Å². The van der Waals surface area contributed by atoms with Crippen molar-refractivity contribution in [2.75, 3.05) is 13.7 Å². The number of ether oxygens (including phenoxy) is 1. The zero-order valence-electron chi connectivity index (χ0n) is 43.2. The number of nitrogens with one attached hydrogen (secondary N) is 6. The summed E-state index contributed by atoms with van der Waals surface area (Å²) in [6.07, 6.45) is 7.22. The molecule has 2 aliphatic rings. The minimum Gasteiger partial charge on any atom is -0.458 e. The normalized spacial score (nSPS) is 25.3. The molecule has 1 aliphatic heterocycles. The van der Waals surface area contributed by atoms with E-state index in [1.165, 1.54) is 26.1 Å². The lowest BCUT2D eigenvalue weighted by atomic mass is 9.96. The van der Waals surface area contributed by atoms with Gasteiger partial charge in [0.15, 0.2) is 6.04 Å². The van der Waals surface area contributed by atoms with Crippen molar-refractivity contribution in [2.45, 2.75) is 141 Å². The second-order valence-corrected chi connectivity index (χ2v) is 19.0. The fourth-order valence-electron chi connectivity index (χ4n) is 8.11. The molecule has 0 aromatic heterocycles. The molecule has 11 N–H and O–H groups in total. The first-order valence-corrected chi connectivity index (χ1v) is 25.1.